The third-order valence-electron chi connectivity index (χ3n) is 5.67. The van der Waals surface area contributed by atoms with Crippen LogP contribution in [0.5, 0.6) is 5.75 Å². The molecule has 4 nitrogen and oxygen atoms in total. The molecule has 25 heavy (non-hydrogen) atoms. The minimum Gasteiger partial charge on any atom is -0.507 e. The minimum atomic E-state index is 0.157. The van der Waals surface area contributed by atoms with Gasteiger partial charge in [-0.05, 0) is 38.0 Å². The first-order valence-electron chi connectivity index (χ1n) is 8.78. The number of anilines is 1. The van der Waals surface area contributed by atoms with E-state index < -0.39 is 0 Å². The lowest BCUT2D eigenvalue weighted by atomic mass is 10.0. The van der Waals surface area contributed by atoms with Gasteiger partial charge in [-0.1, -0.05) is 18.2 Å². The van der Waals surface area contributed by atoms with E-state index in [0.717, 1.165) is 21.8 Å². The maximum Gasteiger partial charge on any atom is 0.299 e. The Morgan fingerprint density at radius 3 is 2.52 bits per heavy atom. The molecule has 126 valence electrons. The van der Waals surface area contributed by atoms with E-state index in [0.29, 0.717) is 5.75 Å². The van der Waals surface area contributed by atoms with Crippen LogP contribution in [0.2, 0.25) is 0 Å². The van der Waals surface area contributed by atoms with Gasteiger partial charge in [0.2, 0.25) is 0 Å². The summed E-state index contributed by atoms with van der Waals surface area (Å²) in [7, 11) is 4.15. The van der Waals surface area contributed by atoms with Crippen molar-refractivity contribution in [2.24, 2.45) is 0 Å². The summed E-state index contributed by atoms with van der Waals surface area (Å²) in [6.45, 7) is 2.29. The average Bonchev–Trinajstić information content (AvgIpc) is 3.18. The quantitative estimate of drug-likeness (QED) is 0.447. The van der Waals surface area contributed by atoms with E-state index in [-0.39, 0.29) is 5.54 Å². The van der Waals surface area contributed by atoms with Crippen LogP contribution in [0.25, 0.3) is 27.3 Å². The summed E-state index contributed by atoms with van der Waals surface area (Å²) in [6.07, 6.45) is 6.67. The highest BCUT2D eigenvalue weighted by molar-refractivity contribution is 6.15. The number of phenolic OH excluding ortho intramolecular Hbond substituents is 1. The van der Waals surface area contributed by atoms with Gasteiger partial charge >= 0.3 is 0 Å². The second kappa shape index (κ2) is 4.66. The first-order valence-corrected chi connectivity index (χ1v) is 8.78. The summed E-state index contributed by atoms with van der Waals surface area (Å²) in [5, 5.41) is 13.9. The molecule has 4 aromatic rings. The summed E-state index contributed by atoms with van der Waals surface area (Å²) < 4.78 is 4.59. The largest absolute Gasteiger partial charge is 0.507 e. The van der Waals surface area contributed by atoms with Gasteiger partial charge in [0.25, 0.3) is 5.65 Å². The van der Waals surface area contributed by atoms with Gasteiger partial charge in [0.05, 0.1) is 5.69 Å². The molecule has 0 aliphatic heterocycles. The van der Waals surface area contributed by atoms with Crippen molar-refractivity contribution in [1.29, 1.82) is 0 Å². The monoisotopic (exact) mass is 332 g/mol. The molecule has 1 fully saturated rings. The van der Waals surface area contributed by atoms with Crippen LogP contribution in [0.3, 0.4) is 0 Å². The van der Waals surface area contributed by atoms with Gasteiger partial charge in [0.1, 0.15) is 29.1 Å². The minimum absolute atomic E-state index is 0.157. The van der Waals surface area contributed by atoms with Gasteiger partial charge < -0.3 is 10.0 Å². The van der Waals surface area contributed by atoms with Crippen molar-refractivity contribution in [2.45, 2.75) is 25.3 Å². The van der Waals surface area contributed by atoms with Gasteiger partial charge in [0, 0.05) is 24.9 Å². The van der Waals surface area contributed by atoms with Gasteiger partial charge in [-0.2, -0.15) is 4.40 Å². The van der Waals surface area contributed by atoms with Gasteiger partial charge in [-0.3, -0.25) is 0 Å². The lowest BCUT2D eigenvalue weighted by Crippen LogP contribution is -2.43. The molecule has 2 aromatic carbocycles. The highest BCUT2D eigenvalue weighted by Crippen LogP contribution is 2.42. The Balaban J connectivity index is 2.11. The summed E-state index contributed by atoms with van der Waals surface area (Å²) >= 11 is 0. The molecule has 2 aromatic heterocycles. The van der Waals surface area contributed by atoms with Crippen LogP contribution in [0, 0.1) is 0 Å². The van der Waals surface area contributed by atoms with Crippen LogP contribution in [-0.4, -0.2) is 23.6 Å². The normalized spacial score (nSPS) is 16.0. The predicted molar refractivity (Wildman–Crippen MR) is 101 cm³/mol. The fourth-order valence-corrected chi connectivity index (χ4v) is 4.03. The Hall–Kier alpha value is -2.75. The van der Waals surface area contributed by atoms with Crippen molar-refractivity contribution in [3.05, 3.63) is 48.8 Å². The summed E-state index contributed by atoms with van der Waals surface area (Å²) in [4.78, 5) is 2.15. The third kappa shape index (κ3) is 1.85. The zero-order valence-electron chi connectivity index (χ0n) is 14.8. The van der Waals surface area contributed by atoms with Crippen LogP contribution in [0.1, 0.15) is 19.8 Å². The number of imidazole rings is 1. The number of para-hydroxylation sites is 1. The highest BCUT2D eigenvalue weighted by atomic mass is 16.3. The van der Waals surface area contributed by atoms with Crippen LogP contribution in [0.15, 0.2) is 48.8 Å². The molecule has 0 bridgehead atoms. The van der Waals surface area contributed by atoms with E-state index in [2.05, 4.69) is 71.5 Å². The molecule has 1 aliphatic rings. The third-order valence-corrected chi connectivity index (χ3v) is 5.67. The maximum absolute atomic E-state index is 10.7. The maximum atomic E-state index is 10.7. The Bertz CT molecular complexity index is 1150. The van der Waals surface area contributed by atoms with Crippen LogP contribution in [-0.2, 0) is 5.54 Å². The average molecular weight is 332 g/mol. The standard InChI is InChI=1S/C21H21N3O/c1-21(10-11-21)24-13-12-23-19-15(7-4-8-16(19)22(2)3)14-6-5-9-17(25)18(14)20(23)24/h4-9,12-13H,10-11H2,1-3H3/p+1. The fourth-order valence-electron chi connectivity index (χ4n) is 4.03. The first-order chi connectivity index (χ1) is 12.0. The number of benzene rings is 2. The van der Waals surface area contributed by atoms with Crippen molar-refractivity contribution < 1.29 is 9.67 Å². The fraction of sp³-hybridized carbons (Fsp3) is 0.286. The zero-order valence-corrected chi connectivity index (χ0v) is 14.8. The number of nitrogens with zero attached hydrogens (tertiary/aromatic N) is 3. The van der Waals surface area contributed by atoms with Crippen LogP contribution in [0.4, 0.5) is 5.69 Å². The number of aromatic hydroxyl groups is 1. The molecular weight excluding hydrogens is 310 g/mol. The van der Waals surface area contributed by atoms with E-state index in [1.165, 1.54) is 24.0 Å². The molecule has 5 rings (SSSR count). The summed E-state index contributed by atoms with van der Waals surface area (Å²) in [5.41, 5.74) is 3.60. The molecule has 1 saturated carbocycles. The molecule has 0 amide bonds. The van der Waals surface area contributed by atoms with E-state index >= 15 is 0 Å². The van der Waals surface area contributed by atoms with Crippen molar-refractivity contribution in [3.8, 4) is 5.75 Å². The predicted octanol–water partition coefficient (Wildman–Crippen LogP) is 3.81. The SMILES string of the molecule is CN(C)c1cccc2c3cccc(O)c3c3n(cc[n+]3C3(C)CC3)c12. The van der Waals surface area contributed by atoms with Crippen molar-refractivity contribution in [1.82, 2.24) is 4.40 Å². The first kappa shape index (κ1) is 14.6. The summed E-state index contributed by atoms with van der Waals surface area (Å²) in [5.74, 6) is 0.344. The lowest BCUT2D eigenvalue weighted by molar-refractivity contribution is -0.710. The van der Waals surface area contributed by atoms with E-state index in [9.17, 15) is 5.11 Å². The molecular formula is C21H22N3O+. The number of pyridine rings is 1. The molecule has 0 unspecified atom stereocenters. The van der Waals surface area contributed by atoms with E-state index in [1.807, 2.05) is 6.07 Å². The molecule has 1 aliphatic carbocycles. The molecule has 0 atom stereocenters. The number of fused-ring (bicyclic) bond motifs is 6. The topological polar surface area (TPSA) is 31.8 Å². The van der Waals surface area contributed by atoms with E-state index in [1.54, 1.807) is 6.07 Å². The molecule has 1 N–H and O–H groups in total. The summed E-state index contributed by atoms with van der Waals surface area (Å²) in [6, 6.07) is 12.2. The Morgan fingerprint density at radius 2 is 1.80 bits per heavy atom. The second-order valence-corrected chi connectivity index (χ2v) is 7.63. The van der Waals surface area contributed by atoms with Crippen molar-refractivity contribution >= 4 is 33.0 Å². The van der Waals surface area contributed by atoms with Crippen LogP contribution >= 0.6 is 0 Å². The molecule has 0 spiro atoms. The number of aromatic nitrogens is 2. The van der Waals surface area contributed by atoms with Crippen molar-refractivity contribution in [3.63, 3.8) is 0 Å². The molecule has 4 heteroatoms. The molecule has 0 radical (unpaired) electrons. The number of hydrogen-bond acceptors (Lipinski definition) is 2. The van der Waals surface area contributed by atoms with Gasteiger partial charge in [0.15, 0.2) is 5.52 Å². The number of phenols is 1. The lowest BCUT2D eigenvalue weighted by Gasteiger charge is -2.16. The molecule has 0 saturated heterocycles. The van der Waals surface area contributed by atoms with Gasteiger partial charge in [-0.25, -0.2) is 4.57 Å². The Kier molecular flexibility index (Phi) is 2.72. The van der Waals surface area contributed by atoms with Crippen molar-refractivity contribution in [2.75, 3.05) is 19.0 Å². The highest BCUT2D eigenvalue weighted by Gasteiger charge is 2.46. The molecule has 2 heterocycles. The second-order valence-electron chi connectivity index (χ2n) is 7.63. The number of rotatable bonds is 2. The van der Waals surface area contributed by atoms with Crippen LogP contribution < -0.4 is 9.47 Å². The van der Waals surface area contributed by atoms with Gasteiger partial charge in [-0.15, -0.1) is 0 Å². The Morgan fingerprint density at radius 1 is 1.08 bits per heavy atom. The smallest absolute Gasteiger partial charge is 0.299 e. The zero-order chi connectivity index (χ0) is 17.3. The van der Waals surface area contributed by atoms with E-state index in [4.69, 9.17) is 0 Å². The Labute approximate surface area is 146 Å². The number of hydrogen-bond donors (Lipinski definition) is 1.